The molecule has 11 amide bonds. The number of carbonyl (C=O) groups is 13. The van der Waals surface area contributed by atoms with E-state index in [0.29, 0.717) is 30.6 Å². The van der Waals surface area contributed by atoms with E-state index in [2.05, 4.69) is 42.2 Å². The summed E-state index contributed by atoms with van der Waals surface area (Å²) in [5, 5.41) is 47.9. The number of nitrogens with one attached hydrogen (secondary N) is 7. The van der Waals surface area contributed by atoms with Gasteiger partial charge in [-0.25, -0.2) is 4.79 Å². The molecule has 31 nitrogen and oxygen atoms in total. The Morgan fingerprint density at radius 1 is 0.600 bits per heavy atom. The average Bonchev–Trinajstić information content (AvgIpc) is 2.36. The lowest BCUT2D eigenvalue weighted by molar-refractivity contribution is -0.146. The average molecular weight is 1290 g/mol. The molecule has 12 atom stereocenters. The predicted octanol–water partition coefficient (Wildman–Crippen LogP) is -3.02. The molecule has 3 aliphatic rings. The molecule has 32 heteroatoms. The van der Waals surface area contributed by atoms with Crippen LogP contribution >= 0.6 is 11.8 Å². The van der Waals surface area contributed by atoms with Gasteiger partial charge in [0.25, 0.3) is 0 Å². The zero-order valence-corrected chi connectivity index (χ0v) is 52.7. The molecule has 500 valence electrons. The van der Waals surface area contributed by atoms with E-state index in [1.807, 2.05) is 0 Å². The van der Waals surface area contributed by atoms with Crippen molar-refractivity contribution in [3.8, 4) is 5.75 Å². The van der Waals surface area contributed by atoms with Crippen LogP contribution in [0.25, 0.3) is 0 Å². The molecular formula is C58H91N15O16S. The number of nitrogens with two attached hydrogens (primary N) is 4. The molecule has 18 N–H and O–H groups in total. The second-order valence-corrected chi connectivity index (χ2v) is 24.3. The number of nitrogens with zero attached hydrogens (tertiary/aromatic N) is 4. The van der Waals surface area contributed by atoms with E-state index in [4.69, 9.17) is 22.9 Å². The fraction of sp³-hybridized carbons (Fsp3) is 0.655. The molecule has 3 fully saturated rings. The van der Waals surface area contributed by atoms with Gasteiger partial charge in [-0.2, -0.15) is 11.8 Å². The van der Waals surface area contributed by atoms with Gasteiger partial charge in [0.15, 0.2) is 5.96 Å². The first-order chi connectivity index (χ1) is 42.5. The normalized spacial score (nSPS) is 19.3. The second kappa shape index (κ2) is 35.8. The minimum atomic E-state index is -1.89. The van der Waals surface area contributed by atoms with Gasteiger partial charge in [0.2, 0.25) is 65.0 Å². The third-order valence-electron chi connectivity index (χ3n) is 16.1. The number of guanidine groups is 1. The second-order valence-electron chi connectivity index (χ2n) is 23.3. The van der Waals surface area contributed by atoms with Gasteiger partial charge >= 0.3 is 11.9 Å². The number of phenols is 1. The van der Waals surface area contributed by atoms with Gasteiger partial charge in [-0.15, -0.1) is 0 Å². The van der Waals surface area contributed by atoms with E-state index in [1.165, 1.54) is 57.7 Å². The van der Waals surface area contributed by atoms with Crippen molar-refractivity contribution < 1.29 is 77.6 Å². The molecule has 0 aliphatic carbocycles. The number of primary amides is 1. The Morgan fingerprint density at radius 3 is 1.56 bits per heavy atom. The van der Waals surface area contributed by atoms with Crippen LogP contribution in [0.5, 0.6) is 5.75 Å². The molecule has 0 spiro atoms. The summed E-state index contributed by atoms with van der Waals surface area (Å²) in [5.41, 5.74) is 22.8. The van der Waals surface area contributed by atoms with Gasteiger partial charge in [0, 0.05) is 39.0 Å². The van der Waals surface area contributed by atoms with Crippen molar-refractivity contribution in [3.05, 3.63) is 29.8 Å². The zero-order chi connectivity index (χ0) is 67.1. The lowest BCUT2D eigenvalue weighted by Gasteiger charge is -2.33. The van der Waals surface area contributed by atoms with Crippen LogP contribution in [0, 0.1) is 11.8 Å². The summed E-state index contributed by atoms with van der Waals surface area (Å²) in [7, 11) is 0. The number of amides is 11. The van der Waals surface area contributed by atoms with Crippen LogP contribution in [-0.4, -0.2) is 218 Å². The Hall–Kier alpha value is -8.29. The quantitative estimate of drug-likeness (QED) is 0.0183. The maximum Gasteiger partial charge on any atom is 0.326 e. The molecule has 90 heavy (non-hydrogen) atoms. The topological polar surface area (TPSA) is 493 Å². The fourth-order valence-electron chi connectivity index (χ4n) is 10.8. The number of aliphatic carboxylic acids is 2. The summed E-state index contributed by atoms with van der Waals surface area (Å²) >= 11 is 1.32. The number of carboxylic acids is 2. The lowest BCUT2D eigenvalue weighted by atomic mass is 9.98. The molecule has 3 heterocycles. The molecule has 1 aromatic carbocycles. The zero-order valence-electron chi connectivity index (χ0n) is 51.9. The minimum Gasteiger partial charge on any atom is -0.508 e. The fourth-order valence-corrected chi connectivity index (χ4v) is 11.3. The van der Waals surface area contributed by atoms with Crippen molar-refractivity contribution in [1.82, 2.24) is 51.9 Å². The van der Waals surface area contributed by atoms with Crippen LogP contribution in [0.1, 0.15) is 124 Å². The number of carbonyl (C=O) groups excluding carboxylic acids is 11. The van der Waals surface area contributed by atoms with Crippen molar-refractivity contribution in [2.75, 3.05) is 38.2 Å². The molecule has 0 bridgehead atoms. The highest BCUT2D eigenvalue weighted by molar-refractivity contribution is 7.98. The minimum absolute atomic E-state index is 0.000577. The number of aliphatic imine (C=N–C) groups is 1. The molecule has 0 unspecified atom stereocenters. The van der Waals surface area contributed by atoms with Crippen LogP contribution in [0.4, 0.5) is 0 Å². The van der Waals surface area contributed by atoms with Crippen LogP contribution < -0.4 is 60.2 Å². The van der Waals surface area contributed by atoms with Crippen molar-refractivity contribution >= 4 is 94.6 Å². The van der Waals surface area contributed by atoms with E-state index in [1.54, 1.807) is 34.0 Å². The lowest BCUT2D eigenvalue weighted by Crippen LogP contribution is -2.61. The largest absolute Gasteiger partial charge is 0.508 e. The standard InChI is InChI=1S/C58H91N15O16S/c1-7-31(4)46(57(88)89)70-53(84)42-15-10-24-71(42)54(85)37(22-27-90-6)66-50(81)38(29-44(76)77)67-48(79)35(12-8-23-63-58(61)62)64-49(80)36(20-21-43(60)75)65-51(82)40-13-9-25-72(40)55(86)39(28-33-16-18-34(74)19-17-33)68-52(83)41-14-11-26-73(41)56(87)45(30(2)3)69-47(78)32(5)59/h16-19,30-32,35-42,45-46,74H,7-15,20-29,59H2,1-6H3,(H2,60,75)(H,64,80)(H,65,82)(H,66,81)(H,67,79)(H,68,83)(H,69,78)(H,70,84)(H,76,77)(H,88,89)(H4,61,62,63)/t31-,32-,35-,36-,37-,38-,39-,40-,41-,42-,45-,46-/m0/s1. The van der Waals surface area contributed by atoms with E-state index in [0.717, 1.165) is 0 Å². The maximum atomic E-state index is 14.8. The van der Waals surface area contributed by atoms with Gasteiger partial charge in [0.1, 0.15) is 66.2 Å². The molecule has 4 rings (SSSR count). The van der Waals surface area contributed by atoms with E-state index >= 15 is 0 Å². The van der Waals surface area contributed by atoms with Crippen molar-refractivity contribution in [2.45, 2.75) is 191 Å². The van der Waals surface area contributed by atoms with Gasteiger partial charge in [-0.05, 0) is 113 Å². The van der Waals surface area contributed by atoms with Crippen molar-refractivity contribution in [1.29, 1.82) is 0 Å². The Labute approximate surface area is 526 Å². The van der Waals surface area contributed by atoms with Gasteiger partial charge < -0.3 is 90.2 Å². The van der Waals surface area contributed by atoms with Gasteiger partial charge in [0.05, 0.1) is 12.5 Å². The summed E-state index contributed by atoms with van der Waals surface area (Å²) < 4.78 is 0. The smallest absolute Gasteiger partial charge is 0.326 e. The summed E-state index contributed by atoms with van der Waals surface area (Å²) in [6.45, 7) is 8.49. The van der Waals surface area contributed by atoms with Gasteiger partial charge in [-0.1, -0.05) is 46.2 Å². The molecule has 3 aliphatic heterocycles. The number of likely N-dealkylation sites (tertiary alicyclic amines) is 3. The van der Waals surface area contributed by atoms with E-state index in [9.17, 15) is 77.6 Å². The number of hydrogen-bond donors (Lipinski definition) is 14. The highest BCUT2D eigenvalue weighted by Gasteiger charge is 2.44. The number of benzene rings is 1. The Balaban J connectivity index is 1.60. The van der Waals surface area contributed by atoms with Gasteiger partial charge in [-0.3, -0.25) is 62.5 Å². The third kappa shape index (κ3) is 22.0. The Bertz CT molecular complexity index is 2770. The summed E-state index contributed by atoms with van der Waals surface area (Å²) in [5.74, 6) is -12.7. The SMILES string of the molecule is CC[C@H](C)[C@H](NC(=O)[C@@H]1CCCN1C(=O)[C@H](CCSC)NC(=O)[C@H](CC(=O)O)NC(=O)[C@H](CCCN=C(N)N)NC(=O)[C@H](CCC(N)=O)NC(=O)[C@@H]1CCCN1C(=O)[C@H](Cc1ccc(O)cc1)NC(=O)[C@@H]1CCCN1C(=O)[C@@H](NC(=O)[C@H](C)N)C(C)C)C(=O)O. The monoisotopic (exact) mass is 1290 g/mol. The molecule has 0 aromatic heterocycles. The number of aromatic hydroxyl groups is 1. The first kappa shape index (κ1) is 74.2. The Kier molecular flexibility index (Phi) is 29.5. The highest BCUT2D eigenvalue weighted by atomic mass is 32.2. The number of carboxylic acid groups (broad SMARTS) is 2. The van der Waals surface area contributed by atoms with E-state index < -0.39 is 174 Å². The van der Waals surface area contributed by atoms with Crippen LogP contribution in [0.2, 0.25) is 0 Å². The van der Waals surface area contributed by atoms with Crippen LogP contribution in [0.15, 0.2) is 29.3 Å². The third-order valence-corrected chi connectivity index (χ3v) is 16.7. The van der Waals surface area contributed by atoms with Crippen molar-refractivity contribution in [3.63, 3.8) is 0 Å². The number of rotatable bonds is 35. The molecule has 3 saturated heterocycles. The molecule has 0 radical (unpaired) electrons. The van der Waals surface area contributed by atoms with Crippen LogP contribution in [0.3, 0.4) is 0 Å². The maximum absolute atomic E-state index is 14.8. The summed E-state index contributed by atoms with van der Waals surface area (Å²) in [6, 6.07) is -8.68. The number of hydrogen-bond acceptors (Lipinski definition) is 17. The number of phenolic OH excluding ortho intramolecular Hbond substituents is 1. The first-order valence-corrected chi connectivity index (χ1v) is 31.7. The molecular weight excluding hydrogens is 1190 g/mol. The van der Waals surface area contributed by atoms with E-state index in [-0.39, 0.29) is 89.3 Å². The van der Waals surface area contributed by atoms with Crippen LogP contribution in [-0.2, 0) is 68.7 Å². The Morgan fingerprint density at radius 2 is 1.08 bits per heavy atom. The predicted molar refractivity (Wildman–Crippen MR) is 329 cm³/mol. The molecule has 1 aromatic rings. The summed E-state index contributed by atoms with van der Waals surface area (Å²) in [4.78, 5) is 185. The highest BCUT2D eigenvalue weighted by Crippen LogP contribution is 2.25. The first-order valence-electron chi connectivity index (χ1n) is 30.3. The van der Waals surface area contributed by atoms with Crippen molar-refractivity contribution in [2.24, 2.45) is 39.8 Å². The molecule has 0 saturated carbocycles. The summed E-state index contributed by atoms with van der Waals surface area (Å²) in [6.07, 6.45) is 1.30. The number of thioether (sulfide) groups is 1.